The predicted molar refractivity (Wildman–Crippen MR) is 80.5 cm³/mol. The lowest BCUT2D eigenvalue weighted by atomic mass is 10.1. The van der Waals surface area contributed by atoms with E-state index in [1.165, 1.54) is 18.2 Å². The molecular weight excluding hydrogens is 311 g/mol. The summed E-state index contributed by atoms with van der Waals surface area (Å²) in [6.45, 7) is 1.54. The minimum Gasteiger partial charge on any atom is -0.387 e. The fourth-order valence-electron chi connectivity index (χ4n) is 1.87. The molecule has 1 aromatic carbocycles. The number of pyridine rings is 1. The second-order valence-electron chi connectivity index (χ2n) is 4.78. The van der Waals surface area contributed by atoms with Crippen molar-refractivity contribution in [1.82, 2.24) is 10.3 Å². The first kappa shape index (κ1) is 16.2. The number of aryl methyl sites for hydroxylation is 1. The Bertz CT molecular complexity index is 761. The van der Waals surface area contributed by atoms with Gasteiger partial charge in [-0.1, -0.05) is 17.7 Å². The molecule has 0 bridgehead atoms. The smallest absolute Gasteiger partial charge is 0.260 e. The summed E-state index contributed by atoms with van der Waals surface area (Å²) >= 11 is 5.56. The highest BCUT2D eigenvalue weighted by atomic mass is 35.5. The van der Waals surface area contributed by atoms with Crippen molar-refractivity contribution in [3.63, 3.8) is 0 Å². The van der Waals surface area contributed by atoms with Crippen molar-refractivity contribution in [2.75, 3.05) is 6.54 Å². The van der Waals surface area contributed by atoms with E-state index >= 15 is 0 Å². The van der Waals surface area contributed by atoms with Crippen LogP contribution in [0.5, 0.6) is 0 Å². The Morgan fingerprint density at radius 1 is 1.41 bits per heavy atom. The Hall–Kier alpha value is -2.18. The zero-order chi connectivity index (χ0) is 16.3. The molecule has 1 heterocycles. The number of halogens is 2. The summed E-state index contributed by atoms with van der Waals surface area (Å²) < 4.78 is 13.3. The van der Waals surface area contributed by atoms with E-state index in [0.717, 1.165) is 6.07 Å². The van der Waals surface area contributed by atoms with Gasteiger partial charge in [0.1, 0.15) is 11.4 Å². The number of carbonyl (C=O) groups is 1. The van der Waals surface area contributed by atoms with Crippen LogP contribution in [0.2, 0.25) is 5.02 Å². The molecule has 0 spiro atoms. The Labute approximate surface area is 130 Å². The molecule has 0 fully saturated rings. The molecule has 7 heteroatoms. The number of hydrogen-bond donors (Lipinski definition) is 3. The SMILES string of the molecule is Cc1ccc(C(=O)NCC(O)c2ccc(Cl)c(F)c2)c(=O)[nH]1. The van der Waals surface area contributed by atoms with E-state index in [9.17, 15) is 19.1 Å². The molecule has 2 aromatic rings. The lowest BCUT2D eigenvalue weighted by Crippen LogP contribution is -2.32. The van der Waals surface area contributed by atoms with Crippen molar-refractivity contribution >= 4 is 17.5 Å². The first-order valence-corrected chi connectivity index (χ1v) is 6.87. The molecular formula is C15H14ClFN2O3. The normalized spacial score (nSPS) is 12.0. The molecule has 0 aliphatic carbocycles. The molecule has 3 N–H and O–H groups in total. The molecule has 0 saturated heterocycles. The number of hydrogen-bond acceptors (Lipinski definition) is 3. The van der Waals surface area contributed by atoms with Crippen molar-refractivity contribution < 1.29 is 14.3 Å². The molecule has 2 rings (SSSR count). The molecule has 0 saturated carbocycles. The van der Waals surface area contributed by atoms with Crippen LogP contribution in [-0.2, 0) is 0 Å². The number of benzene rings is 1. The van der Waals surface area contributed by atoms with E-state index < -0.39 is 23.4 Å². The van der Waals surface area contributed by atoms with Gasteiger partial charge in [-0.2, -0.15) is 0 Å². The summed E-state index contributed by atoms with van der Waals surface area (Å²) in [5, 5.41) is 12.3. The van der Waals surface area contributed by atoms with Crippen LogP contribution in [0, 0.1) is 12.7 Å². The maximum Gasteiger partial charge on any atom is 0.260 e. The van der Waals surface area contributed by atoms with Crippen LogP contribution in [0.4, 0.5) is 4.39 Å². The van der Waals surface area contributed by atoms with Gasteiger partial charge < -0.3 is 15.4 Å². The number of H-pyrrole nitrogens is 1. The molecule has 1 aromatic heterocycles. The third-order valence-corrected chi connectivity index (χ3v) is 3.39. The lowest BCUT2D eigenvalue weighted by molar-refractivity contribution is 0.0914. The van der Waals surface area contributed by atoms with Gasteiger partial charge >= 0.3 is 0 Å². The zero-order valence-corrected chi connectivity index (χ0v) is 12.4. The monoisotopic (exact) mass is 324 g/mol. The van der Waals surface area contributed by atoms with Gasteiger partial charge in [0.15, 0.2) is 0 Å². The van der Waals surface area contributed by atoms with Crippen molar-refractivity contribution in [2.45, 2.75) is 13.0 Å². The summed E-state index contributed by atoms with van der Waals surface area (Å²) in [5.41, 5.74) is 0.350. The van der Waals surface area contributed by atoms with Crippen molar-refractivity contribution in [1.29, 1.82) is 0 Å². The number of aromatic amines is 1. The topological polar surface area (TPSA) is 82.2 Å². The number of aliphatic hydroxyl groups is 1. The van der Waals surface area contributed by atoms with Gasteiger partial charge in [-0.25, -0.2) is 4.39 Å². The summed E-state index contributed by atoms with van der Waals surface area (Å²) in [6, 6.07) is 6.87. The first-order valence-electron chi connectivity index (χ1n) is 6.49. The van der Waals surface area contributed by atoms with Crippen LogP contribution in [-0.4, -0.2) is 22.5 Å². The summed E-state index contributed by atoms with van der Waals surface area (Å²) in [4.78, 5) is 26.0. The highest BCUT2D eigenvalue weighted by molar-refractivity contribution is 6.30. The third kappa shape index (κ3) is 3.72. The van der Waals surface area contributed by atoms with E-state index in [2.05, 4.69) is 10.3 Å². The Kier molecular flexibility index (Phi) is 4.95. The minimum atomic E-state index is -1.11. The molecule has 0 aliphatic heterocycles. The largest absolute Gasteiger partial charge is 0.387 e. The van der Waals surface area contributed by atoms with Gasteiger partial charge in [0.25, 0.3) is 11.5 Å². The Morgan fingerprint density at radius 3 is 2.77 bits per heavy atom. The van der Waals surface area contributed by atoms with E-state index in [4.69, 9.17) is 11.6 Å². The molecule has 1 unspecified atom stereocenters. The Morgan fingerprint density at radius 2 is 2.14 bits per heavy atom. The van der Waals surface area contributed by atoms with Gasteiger partial charge in [0, 0.05) is 12.2 Å². The van der Waals surface area contributed by atoms with Crippen LogP contribution in [0.15, 0.2) is 35.1 Å². The van der Waals surface area contributed by atoms with Crippen LogP contribution in [0.3, 0.4) is 0 Å². The summed E-state index contributed by atoms with van der Waals surface area (Å²) in [5.74, 6) is -1.27. The van der Waals surface area contributed by atoms with Gasteiger partial charge in [-0.3, -0.25) is 9.59 Å². The molecule has 5 nitrogen and oxygen atoms in total. The second kappa shape index (κ2) is 6.72. The molecule has 0 radical (unpaired) electrons. The highest BCUT2D eigenvalue weighted by Crippen LogP contribution is 2.19. The Balaban J connectivity index is 2.04. The number of amides is 1. The summed E-state index contributed by atoms with van der Waals surface area (Å²) in [6.07, 6.45) is -1.11. The van der Waals surface area contributed by atoms with Crippen molar-refractivity contribution in [3.8, 4) is 0 Å². The number of aliphatic hydroxyl groups excluding tert-OH is 1. The maximum atomic E-state index is 13.3. The minimum absolute atomic E-state index is 0.0498. The first-order chi connectivity index (χ1) is 10.4. The van der Waals surface area contributed by atoms with E-state index in [1.807, 2.05) is 0 Å². The quantitative estimate of drug-likeness (QED) is 0.804. The van der Waals surface area contributed by atoms with E-state index in [-0.39, 0.29) is 22.7 Å². The van der Waals surface area contributed by atoms with Gasteiger partial charge in [0.05, 0.1) is 11.1 Å². The fourth-order valence-corrected chi connectivity index (χ4v) is 1.99. The number of aromatic nitrogens is 1. The molecule has 22 heavy (non-hydrogen) atoms. The van der Waals surface area contributed by atoms with Gasteiger partial charge in [-0.05, 0) is 36.8 Å². The standard InChI is InChI=1S/C15H14ClFN2O3/c1-8-2-4-10(15(22)19-8)14(21)18-7-13(20)9-3-5-11(16)12(17)6-9/h2-6,13,20H,7H2,1H3,(H,18,21)(H,19,22). The molecule has 0 aliphatic rings. The van der Waals surface area contributed by atoms with Crippen molar-refractivity contribution in [3.05, 3.63) is 68.3 Å². The van der Waals surface area contributed by atoms with Crippen molar-refractivity contribution in [2.24, 2.45) is 0 Å². The molecule has 1 atom stereocenters. The third-order valence-electron chi connectivity index (χ3n) is 3.08. The van der Waals surface area contributed by atoms with Crippen LogP contribution in [0.1, 0.15) is 27.7 Å². The van der Waals surface area contributed by atoms with E-state index in [1.54, 1.807) is 13.0 Å². The number of carbonyl (C=O) groups excluding carboxylic acids is 1. The molecule has 116 valence electrons. The fraction of sp³-hybridized carbons (Fsp3) is 0.200. The highest BCUT2D eigenvalue weighted by Gasteiger charge is 2.14. The predicted octanol–water partition coefficient (Wildman–Crippen LogP) is 1.94. The van der Waals surface area contributed by atoms with Crippen LogP contribution >= 0.6 is 11.6 Å². The van der Waals surface area contributed by atoms with Gasteiger partial charge in [-0.15, -0.1) is 0 Å². The molecule has 1 amide bonds. The average molecular weight is 325 g/mol. The van der Waals surface area contributed by atoms with Crippen LogP contribution < -0.4 is 10.9 Å². The number of nitrogens with one attached hydrogen (secondary N) is 2. The number of rotatable bonds is 4. The van der Waals surface area contributed by atoms with Gasteiger partial charge in [0.2, 0.25) is 0 Å². The second-order valence-corrected chi connectivity index (χ2v) is 5.19. The average Bonchev–Trinajstić information content (AvgIpc) is 2.47. The summed E-state index contributed by atoms with van der Waals surface area (Å²) in [7, 11) is 0. The zero-order valence-electron chi connectivity index (χ0n) is 11.7. The lowest BCUT2D eigenvalue weighted by Gasteiger charge is -2.12. The van der Waals surface area contributed by atoms with Crippen LogP contribution in [0.25, 0.3) is 0 Å². The maximum absolute atomic E-state index is 13.3. The van der Waals surface area contributed by atoms with E-state index in [0.29, 0.717) is 5.69 Å².